The van der Waals surface area contributed by atoms with Gasteiger partial charge in [-0.3, -0.25) is 4.90 Å². The van der Waals surface area contributed by atoms with Crippen molar-refractivity contribution in [3.8, 4) is 0 Å². The summed E-state index contributed by atoms with van der Waals surface area (Å²) in [6.45, 7) is 11.2. The van der Waals surface area contributed by atoms with E-state index in [-0.39, 0.29) is 11.9 Å². The summed E-state index contributed by atoms with van der Waals surface area (Å²) in [5.41, 5.74) is 0.835. The molecule has 1 fully saturated rings. The largest absolute Gasteiger partial charge is 0.314 e. The molecular weight excluding hydrogens is 253 g/mol. The molecule has 3 nitrogen and oxygen atoms in total. The average molecular weight is 279 g/mol. The van der Waals surface area contributed by atoms with Crippen molar-refractivity contribution < 1.29 is 4.39 Å². The van der Waals surface area contributed by atoms with Gasteiger partial charge in [0, 0.05) is 38.3 Å². The average Bonchev–Trinajstić information content (AvgIpc) is 2.51. The molecule has 0 saturated carbocycles. The molecule has 0 spiro atoms. The molecule has 1 N–H and O–H groups in total. The van der Waals surface area contributed by atoms with Gasteiger partial charge in [0.1, 0.15) is 5.82 Å². The van der Waals surface area contributed by atoms with Crippen LogP contribution in [0.5, 0.6) is 0 Å². The number of rotatable bonds is 6. The predicted octanol–water partition coefficient (Wildman–Crippen LogP) is 2.11. The Hall–Kier alpha value is -0.970. The van der Waals surface area contributed by atoms with E-state index >= 15 is 0 Å². The fourth-order valence-corrected chi connectivity index (χ4v) is 2.88. The fourth-order valence-electron chi connectivity index (χ4n) is 2.88. The van der Waals surface area contributed by atoms with Crippen LogP contribution < -0.4 is 5.32 Å². The Morgan fingerprint density at radius 3 is 2.45 bits per heavy atom. The highest BCUT2D eigenvalue weighted by atomic mass is 19.1. The molecule has 1 saturated heterocycles. The van der Waals surface area contributed by atoms with Crippen molar-refractivity contribution in [2.24, 2.45) is 0 Å². The van der Waals surface area contributed by atoms with Crippen LogP contribution in [0.3, 0.4) is 0 Å². The van der Waals surface area contributed by atoms with E-state index in [1.165, 1.54) is 0 Å². The molecule has 1 aromatic rings. The van der Waals surface area contributed by atoms with Gasteiger partial charge >= 0.3 is 0 Å². The normalized spacial score (nSPS) is 18.4. The summed E-state index contributed by atoms with van der Waals surface area (Å²) in [6.07, 6.45) is 0. The first-order chi connectivity index (χ1) is 9.76. The van der Waals surface area contributed by atoms with Gasteiger partial charge in [-0.25, -0.2) is 4.39 Å². The lowest BCUT2D eigenvalue weighted by Crippen LogP contribution is -2.48. The zero-order valence-electron chi connectivity index (χ0n) is 12.6. The summed E-state index contributed by atoms with van der Waals surface area (Å²) in [7, 11) is 0. The number of nitrogens with one attached hydrogen (secondary N) is 1. The number of piperazine rings is 1. The molecule has 0 amide bonds. The van der Waals surface area contributed by atoms with E-state index in [1.54, 1.807) is 12.1 Å². The molecule has 1 aromatic carbocycles. The van der Waals surface area contributed by atoms with Gasteiger partial charge in [0.05, 0.1) is 6.04 Å². The summed E-state index contributed by atoms with van der Waals surface area (Å²) in [4.78, 5) is 4.78. The van der Waals surface area contributed by atoms with Crippen LogP contribution >= 0.6 is 0 Å². The van der Waals surface area contributed by atoms with Crippen molar-refractivity contribution in [1.29, 1.82) is 0 Å². The monoisotopic (exact) mass is 279 g/mol. The fraction of sp³-hybridized carbons (Fsp3) is 0.625. The molecule has 1 aliphatic rings. The molecule has 20 heavy (non-hydrogen) atoms. The number of benzene rings is 1. The van der Waals surface area contributed by atoms with E-state index in [9.17, 15) is 4.39 Å². The summed E-state index contributed by atoms with van der Waals surface area (Å²) in [5.74, 6) is -0.0804. The minimum atomic E-state index is -0.0804. The third-order valence-corrected chi connectivity index (χ3v) is 4.18. The standard InChI is InChI=1S/C16H26FN3/c1-3-19(4-2)13-16(20-11-9-18-10-12-20)14-7-5-6-8-15(14)17/h5-8,16,18H,3-4,9-13H2,1-2H3. The quantitative estimate of drug-likeness (QED) is 0.860. The van der Waals surface area contributed by atoms with Crippen LogP contribution in [0.4, 0.5) is 4.39 Å². The second-order valence-corrected chi connectivity index (χ2v) is 5.31. The van der Waals surface area contributed by atoms with Crippen LogP contribution in [-0.4, -0.2) is 55.6 Å². The summed E-state index contributed by atoms with van der Waals surface area (Å²) >= 11 is 0. The first-order valence-electron chi connectivity index (χ1n) is 7.67. The molecule has 1 atom stereocenters. The molecule has 0 aromatic heterocycles. The number of likely N-dealkylation sites (N-methyl/N-ethyl adjacent to an activating group) is 1. The van der Waals surface area contributed by atoms with Gasteiger partial charge in [-0.15, -0.1) is 0 Å². The topological polar surface area (TPSA) is 18.5 Å². The van der Waals surface area contributed by atoms with E-state index in [1.807, 2.05) is 12.1 Å². The van der Waals surface area contributed by atoms with Crippen molar-refractivity contribution in [2.75, 3.05) is 45.8 Å². The molecule has 112 valence electrons. The molecule has 4 heteroatoms. The zero-order chi connectivity index (χ0) is 14.4. The van der Waals surface area contributed by atoms with Crippen LogP contribution in [0.25, 0.3) is 0 Å². The molecule has 1 unspecified atom stereocenters. The van der Waals surface area contributed by atoms with Crippen molar-refractivity contribution >= 4 is 0 Å². The van der Waals surface area contributed by atoms with Crippen LogP contribution in [0.2, 0.25) is 0 Å². The maximum absolute atomic E-state index is 14.2. The first kappa shape index (κ1) is 15.4. The molecule has 1 aliphatic heterocycles. The number of nitrogens with zero attached hydrogens (tertiary/aromatic N) is 2. The lowest BCUT2D eigenvalue weighted by Gasteiger charge is -2.37. The van der Waals surface area contributed by atoms with Crippen molar-refractivity contribution in [1.82, 2.24) is 15.1 Å². The molecular formula is C16H26FN3. The Labute approximate surface area is 121 Å². The third-order valence-electron chi connectivity index (χ3n) is 4.18. The van der Waals surface area contributed by atoms with E-state index < -0.39 is 0 Å². The van der Waals surface area contributed by atoms with Crippen LogP contribution in [0.1, 0.15) is 25.5 Å². The molecule has 2 rings (SSSR count). The van der Waals surface area contributed by atoms with Gasteiger partial charge in [-0.05, 0) is 19.2 Å². The Morgan fingerprint density at radius 2 is 1.85 bits per heavy atom. The van der Waals surface area contributed by atoms with Crippen LogP contribution in [0.15, 0.2) is 24.3 Å². The van der Waals surface area contributed by atoms with Crippen LogP contribution in [0, 0.1) is 5.82 Å². The second-order valence-electron chi connectivity index (χ2n) is 5.31. The minimum Gasteiger partial charge on any atom is -0.314 e. The molecule has 0 radical (unpaired) electrons. The first-order valence-corrected chi connectivity index (χ1v) is 7.67. The van der Waals surface area contributed by atoms with Crippen LogP contribution in [-0.2, 0) is 0 Å². The molecule has 1 heterocycles. The number of hydrogen-bond acceptors (Lipinski definition) is 3. The Balaban J connectivity index is 2.21. The van der Waals surface area contributed by atoms with Crippen molar-refractivity contribution in [3.05, 3.63) is 35.6 Å². The van der Waals surface area contributed by atoms with E-state index in [2.05, 4.69) is 29.0 Å². The van der Waals surface area contributed by atoms with E-state index in [4.69, 9.17) is 0 Å². The van der Waals surface area contributed by atoms with Crippen molar-refractivity contribution in [3.63, 3.8) is 0 Å². The number of halogens is 1. The lowest BCUT2D eigenvalue weighted by atomic mass is 10.0. The molecule has 0 bridgehead atoms. The maximum Gasteiger partial charge on any atom is 0.128 e. The van der Waals surface area contributed by atoms with Gasteiger partial charge < -0.3 is 10.2 Å². The second kappa shape index (κ2) is 7.72. The van der Waals surface area contributed by atoms with Crippen molar-refractivity contribution in [2.45, 2.75) is 19.9 Å². The van der Waals surface area contributed by atoms with Gasteiger partial charge in [0.2, 0.25) is 0 Å². The summed E-state index contributed by atoms with van der Waals surface area (Å²) in [6, 6.07) is 7.37. The van der Waals surface area contributed by atoms with Gasteiger partial charge in [0.25, 0.3) is 0 Å². The number of hydrogen-bond donors (Lipinski definition) is 1. The third kappa shape index (κ3) is 3.78. The predicted molar refractivity (Wildman–Crippen MR) is 81.4 cm³/mol. The van der Waals surface area contributed by atoms with E-state index in [0.717, 1.165) is 51.4 Å². The smallest absolute Gasteiger partial charge is 0.128 e. The SMILES string of the molecule is CCN(CC)CC(c1ccccc1F)N1CCNCC1. The zero-order valence-corrected chi connectivity index (χ0v) is 12.6. The Morgan fingerprint density at radius 1 is 1.20 bits per heavy atom. The van der Waals surface area contributed by atoms with Gasteiger partial charge in [-0.1, -0.05) is 32.0 Å². The van der Waals surface area contributed by atoms with Gasteiger partial charge in [0.15, 0.2) is 0 Å². The highest BCUT2D eigenvalue weighted by molar-refractivity contribution is 5.22. The Kier molecular flexibility index (Phi) is 5.95. The molecule has 0 aliphatic carbocycles. The highest BCUT2D eigenvalue weighted by Crippen LogP contribution is 2.24. The lowest BCUT2D eigenvalue weighted by molar-refractivity contribution is 0.127. The minimum absolute atomic E-state index is 0.0804. The maximum atomic E-state index is 14.2. The Bertz CT molecular complexity index is 400. The van der Waals surface area contributed by atoms with E-state index in [0.29, 0.717) is 0 Å². The highest BCUT2D eigenvalue weighted by Gasteiger charge is 2.25. The summed E-state index contributed by atoms with van der Waals surface area (Å²) < 4.78 is 14.2. The summed E-state index contributed by atoms with van der Waals surface area (Å²) in [5, 5.41) is 3.37. The van der Waals surface area contributed by atoms with Gasteiger partial charge in [-0.2, -0.15) is 0 Å².